The molecule has 5 atom stereocenters. The number of ether oxygens (including phenoxy) is 2. The molecule has 1 heterocycles. The van der Waals surface area contributed by atoms with Gasteiger partial charge in [0.1, 0.15) is 31.0 Å². The topological polar surface area (TPSA) is 186 Å². The third-order valence-electron chi connectivity index (χ3n) is 7.90. The smallest absolute Gasteiger partial charge is 0.389 e. The molecule has 1 aliphatic carbocycles. The minimum Gasteiger partial charge on any atom is -0.467 e. The lowest BCUT2D eigenvalue weighted by Crippen LogP contribution is -2.61. The minimum atomic E-state index is -4.67. The van der Waals surface area contributed by atoms with E-state index in [1.54, 1.807) is 33.8 Å². The molecule has 13 nitrogen and oxygen atoms in total. The van der Waals surface area contributed by atoms with E-state index in [0.29, 0.717) is 0 Å². The number of allylic oxidation sites excluding steroid dienone is 1. The number of Topliss-reactive ketones (excluding diaryl/α,β-unsaturated/α-hetero) is 1. The van der Waals surface area contributed by atoms with Crippen molar-refractivity contribution in [2.24, 2.45) is 28.4 Å². The van der Waals surface area contributed by atoms with E-state index in [-0.39, 0.29) is 24.8 Å². The van der Waals surface area contributed by atoms with Crippen LogP contribution in [0.5, 0.6) is 0 Å². The van der Waals surface area contributed by atoms with Gasteiger partial charge in [0.15, 0.2) is 0 Å². The largest absolute Gasteiger partial charge is 0.467 e. The lowest BCUT2D eigenvalue weighted by Gasteiger charge is -2.37. The van der Waals surface area contributed by atoms with E-state index < -0.39 is 95.9 Å². The standard InChI is InChI=1S/C29H42F3N5O8/c1-8-11-44-15(2)14-45-18(38)12-34-26(43)36-22(27(3,4)5)25(42)37-13-16-19(28(16,6)7)20(37)24(41)35-17(21(39)23(33)40)9-10-29(30,31)32/h8,11,16-17,19-20,22H,2,9-10,12-14H2,1,3-7H3,(H2,33,40)(H,35,41)(H2,34,36,43)/b11-8-/t16-,17?,19?,20?,22?/m0/s1. The van der Waals surface area contributed by atoms with Gasteiger partial charge >= 0.3 is 18.2 Å². The van der Waals surface area contributed by atoms with Gasteiger partial charge in [-0.3, -0.25) is 24.0 Å². The van der Waals surface area contributed by atoms with Crippen molar-refractivity contribution in [2.75, 3.05) is 19.7 Å². The predicted molar refractivity (Wildman–Crippen MR) is 153 cm³/mol. The number of likely N-dealkylation sites (tertiary alicyclic amines) is 1. The van der Waals surface area contributed by atoms with E-state index in [2.05, 4.69) is 22.5 Å². The van der Waals surface area contributed by atoms with E-state index in [4.69, 9.17) is 15.2 Å². The summed E-state index contributed by atoms with van der Waals surface area (Å²) >= 11 is 0. The summed E-state index contributed by atoms with van der Waals surface area (Å²) in [5, 5.41) is 7.06. The lowest BCUT2D eigenvalue weighted by molar-refractivity contribution is -0.147. The molecule has 1 aliphatic heterocycles. The molecule has 252 valence electrons. The maximum absolute atomic E-state index is 13.9. The molecular formula is C29H42F3N5O8. The highest BCUT2D eigenvalue weighted by Crippen LogP contribution is 2.65. The highest BCUT2D eigenvalue weighted by Gasteiger charge is 2.70. The molecule has 0 aromatic rings. The van der Waals surface area contributed by atoms with Crippen LogP contribution in [-0.4, -0.2) is 84.4 Å². The number of piperidine rings is 1. The van der Waals surface area contributed by atoms with E-state index in [0.717, 1.165) is 0 Å². The van der Waals surface area contributed by atoms with Gasteiger partial charge < -0.3 is 36.1 Å². The zero-order valence-electron chi connectivity index (χ0n) is 26.2. The van der Waals surface area contributed by atoms with Crippen LogP contribution in [0.15, 0.2) is 24.7 Å². The molecule has 4 unspecified atom stereocenters. The van der Waals surface area contributed by atoms with Gasteiger partial charge in [0.25, 0.3) is 5.91 Å². The molecule has 0 aromatic heterocycles. The second kappa shape index (κ2) is 14.3. The zero-order valence-corrected chi connectivity index (χ0v) is 26.2. The first kappa shape index (κ1) is 37.1. The number of urea groups is 1. The fourth-order valence-corrected chi connectivity index (χ4v) is 5.38. The summed E-state index contributed by atoms with van der Waals surface area (Å²) in [5.41, 5.74) is 3.70. The van der Waals surface area contributed by atoms with Crippen molar-refractivity contribution in [1.82, 2.24) is 20.9 Å². The number of esters is 1. The second-order valence-corrected chi connectivity index (χ2v) is 12.7. The van der Waals surface area contributed by atoms with E-state index in [1.807, 2.05) is 13.8 Å². The van der Waals surface area contributed by atoms with Crippen molar-refractivity contribution >= 4 is 35.5 Å². The molecule has 2 fully saturated rings. The molecule has 2 rings (SSSR count). The first-order valence-electron chi connectivity index (χ1n) is 14.3. The molecule has 16 heteroatoms. The van der Waals surface area contributed by atoms with Crippen LogP contribution in [-0.2, 0) is 33.4 Å². The number of rotatable bonds is 14. The maximum atomic E-state index is 13.9. The number of nitrogens with zero attached hydrogens (tertiary/aromatic N) is 1. The Kier molecular flexibility index (Phi) is 11.8. The second-order valence-electron chi connectivity index (χ2n) is 12.7. The predicted octanol–water partition coefficient (Wildman–Crippen LogP) is 1.67. The summed E-state index contributed by atoms with van der Waals surface area (Å²) in [6, 6.07) is -5.14. The van der Waals surface area contributed by atoms with Crippen LogP contribution < -0.4 is 21.7 Å². The van der Waals surface area contributed by atoms with Crippen LogP contribution in [0.3, 0.4) is 0 Å². The van der Waals surface area contributed by atoms with Crippen molar-refractivity contribution in [3.63, 3.8) is 0 Å². The van der Waals surface area contributed by atoms with Gasteiger partial charge in [-0.25, -0.2) is 4.79 Å². The number of amides is 5. The Morgan fingerprint density at radius 3 is 2.27 bits per heavy atom. The molecule has 5 amide bonds. The molecule has 5 N–H and O–H groups in total. The van der Waals surface area contributed by atoms with Crippen molar-refractivity contribution < 1.29 is 51.4 Å². The van der Waals surface area contributed by atoms with Crippen LogP contribution in [0.2, 0.25) is 0 Å². The number of fused-ring (bicyclic) bond motifs is 1. The average Bonchev–Trinajstić information content (AvgIpc) is 3.24. The van der Waals surface area contributed by atoms with Crippen molar-refractivity contribution in [1.29, 1.82) is 0 Å². The van der Waals surface area contributed by atoms with Crippen molar-refractivity contribution in [3.8, 4) is 0 Å². The first-order chi connectivity index (χ1) is 20.6. The fraction of sp³-hybridized carbons (Fsp3) is 0.655. The molecule has 0 radical (unpaired) electrons. The van der Waals surface area contributed by atoms with Crippen LogP contribution in [0.25, 0.3) is 0 Å². The molecule has 0 aromatic carbocycles. The minimum absolute atomic E-state index is 0.104. The van der Waals surface area contributed by atoms with Crippen LogP contribution in [0, 0.1) is 22.7 Å². The molecular weight excluding hydrogens is 603 g/mol. The monoisotopic (exact) mass is 645 g/mol. The SMILES string of the molecule is C=C(COC(=O)CNC(=O)NC(C(=O)N1C[C@H]2C(C1C(=O)NC(CCC(F)(F)F)C(=O)C(N)=O)C2(C)C)C(C)(C)C)O/C=C\C. The van der Waals surface area contributed by atoms with Crippen molar-refractivity contribution in [2.45, 2.75) is 78.7 Å². The molecule has 0 spiro atoms. The summed E-state index contributed by atoms with van der Waals surface area (Å²) in [7, 11) is 0. The Labute approximate surface area is 259 Å². The van der Waals surface area contributed by atoms with E-state index in [9.17, 15) is 41.9 Å². The summed E-state index contributed by atoms with van der Waals surface area (Å²) in [5.74, 6) is -5.67. The van der Waals surface area contributed by atoms with Gasteiger partial charge in [0.2, 0.25) is 17.6 Å². The van der Waals surface area contributed by atoms with Crippen LogP contribution in [0.1, 0.15) is 54.4 Å². The Balaban J connectivity index is 2.18. The number of ketones is 1. The molecule has 1 saturated carbocycles. The summed E-state index contributed by atoms with van der Waals surface area (Å²) < 4.78 is 48.7. The van der Waals surface area contributed by atoms with Gasteiger partial charge in [0.05, 0.1) is 12.3 Å². The van der Waals surface area contributed by atoms with Gasteiger partial charge in [-0.1, -0.05) is 47.3 Å². The third kappa shape index (κ3) is 9.94. The maximum Gasteiger partial charge on any atom is 0.389 e. The third-order valence-corrected chi connectivity index (χ3v) is 7.90. The Morgan fingerprint density at radius 1 is 1.11 bits per heavy atom. The summed E-state index contributed by atoms with van der Waals surface area (Å²) in [4.78, 5) is 77.2. The molecule has 2 aliphatic rings. The number of carbonyl (C=O) groups is 6. The normalized spacial score (nSPS) is 21.6. The van der Waals surface area contributed by atoms with Gasteiger partial charge in [-0.2, -0.15) is 13.2 Å². The number of halogens is 3. The number of hydrogen-bond donors (Lipinski definition) is 4. The first-order valence-corrected chi connectivity index (χ1v) is 14.3. The Hall–Kier alpha value is -4.11. The number of alkyl halides is 3. The van der Waals surface area contributed by atoms with E-state index >= 15 is 0 Å². The number of nitrogens with two attached hydrogens (primary N) is 1. The van der Waals surface area contributed by atoms with Crippen LogP contribution in [0.4, 0.5) is 18.0 Å². The van der Waals surface area contributed by atoms with Gasteiger partial charge in [0, 0.05) is 13.0 Å². The highest BCUT2D eigenvalue weighted by atomic mass is 19.4. The average molecular weight is 646 g/mol. The molecule has 0 bridgehead atoms. The van der Waals surface area contributed by atoms with E-state index in [1.165, 1.54) is 11.2 Å². The van der Waals surface area contributed by atoms with Crippen molar-refractivity contribution in [3.05, 3.63) is 24.7 Å². The molecule has 45 heavy (non-hydrogen) atoms. The number of nitrogens with one attached hydrogen (secondary N) is 3. The number of carbonyl (C=O) groups excluding carboxylic acids is 6. The number of primary amides is 1. The summed E-state index contributed by atoms with van der Waals surface area (Å²) in [6.07, 6.45) is -4.09. The quantitative estimate of drug-likeness (QED) is 0.125. The lowest BCUT2D eigenvalue weighted by atomic mass is 9.85. The Morgan fingerprint density at radius 2 is 1.73 bits per heavy atom. The van der Waals surface area contributed by atoms with Gasteiger partial charge in [-0.05, 0) is 36.0 Å². The fourth-order valence-electron chi connectivity index (χ4n) is 5.38. The highest BCUT2D eigenvalue weighted by molar-refractivity contribution is 6.37. The summed E-state index contributed by atoms with van der Waals surface area (Å²) in [6.45, 7) is 13.3. The van der Waals surface area contributed by atoms with Gasteiger partial charge in [-0.15, -0.1) is 0 Å². The molecule has 1 saturated heterocycles. The number of hydrogen-bond acceptors (Lipinski definition) is 8. The zero-order chi connectivity index (χ0) is 34.5. The van der Waals surface area contributed by atoms with Crippen LogP contribution >= 0.6 is 0 Å². The Bertz CT molecular complexity index is 1230.